The highest BCUT2D eigenvalue weighted by molar-refractivity contribution is 7.13. The average molecular weight is 323 g/mol. The summed E-state index contributed by atoms with van der Waals surface area (Å²) in [5, 5.41) is 3.98. The van der Waals surface area contributed by atoms with Gasteiger partial charge in [0.25, 0.3) is 5.91 Å². The number of nitrogens with two attached hydrogens (primary N) is 1. The zero-order valence-corrected chi connectivity index (χ0v) is 13.6. The molecule has 23 heavy (non-hydrogen) atoms. The van der Waals surface area contributed by atoms with Gasteiger partial charge < -0.3 is 11.1 Å². The lowest BCUT2D eigenvalue weighted by atomic mass is 10.1. The van der Waals surface area contributed by atoms with Gasteiger partial charge in [0, 0.05) is 5.39 Å². The number of carbonyl (C=O) groups is 1. The molecule has 0 saturated carbocycles. The van der Waals surface area contributed by atoms with E-state index in [-0.39, 0.29) is 18.0 Å². The molecule has 2 aromatic carbocycles. The minimum Gasteiger partial charge on any atom is -0.346 e. The van der Waals surface area contributed by atoms with Gasteiger partial charge in [-0.05, 0) is 48.1 Å². The first kappa shape index (κ1) is 14.4. The van der Waals surface area contributed by atoms with Crippen LogP contribution >= 0.6 is 11.5 Å². The molecule has 0 bridgehead atoms. The largest absolute Gasteiger partial charge is 0.346 e. The van der Waals surface area contributed by atoms with Gasteiger partial charge in [0.15, 0.2) is 0 Å². The van der Waals surface area contributed by atoms with Crippen molar-refractivity contribution in [3.05, 3.63) is 64.8 Å². The van der Waals surface area contributed by atoms with Gasteiger partial charge in [-0.15, -0.1) is 0 Å². The third kappa shape index (κ3) is 2.42. The highest BCUT2D eigenvalue weighted by Crippen LogP contribution is 2.30. The fraction of sp³-hybridized carbons (Fsp3) is 0.222. The van der Waals surface area contributed by atoms with Gasteiger partial charge in [-0.3, -0.25) is 4.79 Å². The lowest BCUT2D eigenvalue weighted by molar-refractivity contribution is 0.0931. The summed E-state index contributed by atoms with van der Waals surface area (Å²) in [5.41, 5.74) is 10.2. The summed E-state index contributed by atoms with van der Waals surface area (Å²) in [4.78, 5) is 12.7. The van der Waals surface area contributed by atoms with Crippen LogP contribution in [0.5, 0.6) is 0 Å². The van der Waals surface area contributed by atoms with E-state index in [2.05, 4.69) is 15.8 Å². The number of benzene rings is 2. The first-order chi connectivity index (χ1) is 11.1. The van der Waals surface area contributed by atoms with Crippen LogP contribution in [0.25, 0.3) is 10.1 Å². The Morgan fingerprint density at radius 3 is 2.96 bits per heavy atom. The second kappa shape index (κ2) is 5.44. The molecule has 0 aliphatic heterocycles. The molecule has 4 rings (SSSR count). The van der Waals surface area contributed by atoms with E-state index in [9.17, 15) is 4.79 Å². The van der Waals surface area contributed by atoms with E-state index in [0.29, 0.717) is 5.69 Å². The Morgan fingerprint density at radius 1 is 1.30 bits per heavy atom. The molecule has 1 amide bonds. The van der Waals surface area contributed by atoms with E-state index >= 15 is 0 Å². The maximum atomic E-state index is 12.7. The predicted octanol–water partition coefficient (Wildman–Crippen LogP) is 2.96. The Balaban J connectivity index is 1.60. The summed E-state index contributed by atoms with van der Waals surface area (Å²) in [5.74, 6) is -0.143. The first-order valence-corrected chi connectivity index (χ1v) is 8.41. The molecular weight excluding hydrogens is 306 g/mol. The second-order valence-corrected chi connectivity index (χ2v) is 6.84. The monoisotopic (exact) mass is 323 g/mol. The maximum Gasteiger partial charge on any atom is 0.271 e. The number of aryl methyl sites for hydroxylation is 1. The molecule has 4 nitrogen and oxygen atoms in total. The van der Waals surface area contributed by atoms with Crippen LogP contribution in [-0.2, 0) is 6.42 Å². The Morgan fingerprint density at radius 2 is 2.13 bits per heavy atom. The second-order valence-electron chi connectivity index (χ2n) is 6.04. The van der Waals surface area contributed by atoms with E-state index < -0.39 is 0 Å². The SMILES string of the molecule is Cc1ccc2snc(C(=O)N[C@@H]3Cc4ccccc4[C@H]3N)c2c1. The van der Waals surface area contributed by atoms with Gasteiger partial charge >= 0.3 is 0 Å². The van der Waals surface area contributed by atoms with Crippen LogP contribution in [0.3, 0.4) is 0 Å². The van der Waals surface area contributed by atoms with Crippen LogP contribution in [0, 0.1) is 6.92 Å². The highest BCUT2D eigenvalue weighted by atomic mass is 32.1. The number of nitrogens with one attached hydrogen (secondary N) is 1. The van der Waals surface area contributed by atoms with Crippen molar-refractivity contribution in [1.29, 1.82) is 0 Å². The van der Waals surface area contributed by atoms with Crippen LogP contribution in [0.2, 0.25) is 0 Å². The first-order valence-electron chi connectivity index (χ1n) is 7.64. The van der Waals surface area contributed by atoms with Crippen molar-refractivity contribution in [3.8, 4) is 0 Å². The van der Waals surface area contributed by atoms with E-state index in [0.717, 1.165) is 27.6 Å². The van der Waals surface area contributed by atoms with Crippen molar-refractivity contribution in [2.24, 2.45) is 5.73 Å². The molecule has 116 valence electrons. The standard InChI is InChI=1S/C18H17N3OS/c1-10-6-7-15-13(8-10)17(21-23-15)18(22)20-14-9-11-4-2-3-5-12(11)16(14)19/h2-8,14,16H,9,19H2,1H3,(H,20,22)/t14-,16-/m1/s1. The summed E-state index contributed by atoms with van der Waals surface area (Å²) >= 11 is 1.35. The lowest BCUT2D eigenvalue weighted by Gasteiger charge is -2.17. The molecule has 1 aromatic heterocycles. The number of amides is 1. The zero-order valence-electron chi connectivity index (χ0n) is 12.7. The van der Waals surface area contributed by atoms with Crippen molar-refractivity contribution in [1.82, 2.24) is 9.69 Å². The third-order valence-electron chi connectivity index (χ3n) is 4.44. The molecule has 0 saturated heterocycles. The molecule has 3 N–H and O–H groups in total. The smallest absolute Gasteiger partial charge is 0.271 e. The summed E-state index contributed by atoms with van der Waals surface area (Å²) in [6, 6.07) is 13.9. The van der Waals surface area contributed by atoms with E-state index in [1.165, 1.54) is 17.1 Å². The van der Waals surface area contributed by atoms with E-state index in [1.807, 2.05) is 43.3 Å². The molecule has 0 spiro atoms. The van der Waals surface area contributed by atoms with Crippen molar-refractivity contribution in [3.63, 3.8) is 0 Å². The maximum absolute atomic E-state index is 12.7. The molecule has 2 atom stereocenters. The van der Waals surface area contributed by atoms with Crippen LogP contribution in [0.1, 0.15) is 33.2 Å². The molecular formula is C18H17N3OS. The van der Waals surface area contributed by atoms with Crippen molar-refractivity contribution in [2.75, 3.05) is 0 Å². The molecule has 0 unspecified atom stereocenters. The molecule has 3 aromatic rings. The molecule has 1 aliphatic carbocycles. The Bertz CT molecular complexity index is 902. The van der Waals surface area contributed by atoms with Gasteiger partial charge in [-0.25, -0.2) is 0 Å². The topological polar surface area (TPSA) is 68.0 Å². The quantitative estimate of drug-likeness (QED) is 0.762. The summed E-state index contributed by atoms with van der Waals surface area (Å²) in [7, 11) is 0. The van der Waals surface area contributed by atoms with Crippen molar-refractivity contribution >= 4 is 27.5 Å². The van der Waals surface area contributed by atoms with Crippen molar-refractivity contribution < 1.29 is 4.79 Å². The third-order valence-corrected chi connectivity index (χ3v) is 5.27. The average Bonchev–Trinajstić information content (AvgIpc) is 3.09. The summed E-state index contributed by atoms with van der Waals surface area (Å²) in [6.07, 6.45) is 0.768. The van der Waals surface area contributed by atoms with Crippen molar-refractivity contribution in [2.45, 2.75) is 25.4 Å². The molecule has 1 heterocycles. The number of rotatable bonds is 2. The van der Waals surface area contributed by atoms with Gasteiger partial charge in [0.1, 0.15) is 5.69 Å². The molecule has 1 aliphatic rings. The number of hydrogen-bond donors (Lipinski definition) is 2. The molecule has 0 radical (unpaired) electrons. The number of aromatic nitrogens is 1. The number of nitrogens with zero attached hydrogens (tertiary/aromatic N) is 1. The Kier molecular flexibility index (Phi) is 3.39. The zero-order chi connectivity index (χ0) is 16.0. The van der Waals surface area contributed by atoms with Crippen LogP contribution in [0.4, 0.5) is 0 Å². The minimum absolute atomic E-state index is 0.0820. The van der Waals surface area contributed by atoms with Crippen LogP contribution < -0.4 is 11.1 Å². The fourth-order valence-electron chi connectivity index (χ4n) is 3.22. The lowest BCUT2D eigenvalue weighted by Crippen LogP contribution is -2.40. The summed E-state index contributed by atoms with van der Waals surface area (Å²) in [6.45, 7) is 2.02. The van der Waals surface area contributed by atoms with Gasteiger partial charge in [-0.1, -0.05) is 35.9 Å². The summed E-state index contributed by atoms with van der Waals surface area (Å²) < 4.78 is 5.37. The van der Waals surface area contributed by atoms with Gasteiger partial charge in [0.2, 0.25) is 0 Å². The van der Waals surface area contributed by atoms with Crippen LogP contribution in [-0.4, -0.2) is 16.3 Å². The Hall–Kier alpha value is -2.24. The normalized spacial score (nSPS) is 19.7. The number of carbonyl (C=O) groups excluding carboxylic acids is 1. The number of hydrogen-bond acceptors (Lipinski definition) is 4. The fourth-order valence-corrected chi connectivity index (χ4v) is 3.97. The predicted molar refractivity (Wildman–Crippen MR) is 92.7 cm³/mol. The highest BCUT2D eigenvalue weighted by Gasteiger charge is 2.31. The van der Waals surface area contributed by atoms with Gasteiger partial charge in [-0.2, -0.15) is 4.37 Å². The van der Waals surface area contributed by atoms with E-state index in [4.69, 9.17) is 5.73 Å². The van der Waals surface area contributed by atoms with Crippen LogP contribution in [0.15, 0.2) is 42.5 Å². The minimum atomic E-state index is -0.165. The number of fused-ring (bicyclic) bond motifs is 2. The Labute approximate surface area is 138 Å². The van der Waals surface area contributed by atoms with E-state index in [1.54, 1.807) is 0 Å². The molecule has 5 heteroatoms. The van der Waals surface area contributed by atoms with Gasteiger partial charge in [0.05, 0.1) is 16.8 Å². The molecule has 0 fully saturated rings.